The van der Waals surface area contributed by atoms with Gasteiger partial charge in [-0.25, -0.2) is 4.79 Å². The average molecular weight is 247 g/mol. The molecular weight excluding hydrogens is 226 g/mol. The maximum atomic E-state index is 11.9. The van der Waals surface area contributed by atoms with Crippen molar-refractivity contribution in [3.8, 4) is 0 Å². The first-order valence-corrected chi connectivity index (χ1v) is 6.29. The summed E-state index contributed by atoms with van der Waals surface area (Å²) in [6.07, 6.45) is 0.816. The zero-order valence-electron chi connectivity index (χ0n) is 11.2. The predicted molar refractivity (Wildman–Crippen MR) is 72.3 cm³/mol. The number of carbonyl (C=O) groups excluding carboxylic acids is 1. The quantitative estimate of drug-likeness (QED) is 0.707. The minimum absolute atomic E-state index is 0.0480. The Labute approximate surface area is 108 Å². The number of nitrogens with one attached hydrogen (secondary N) is 2. The molecule has 98 valence electrons. The van der Waals surface area contributed by atoms with Crippen LogP contribution in [0.15, 0.2) is 24.3 Å². The van der Waals surface area contributed by atoms with Crippen molar-refractivity contribution < 1.29 is 4.79 Å². The highest BCUT2D eigenvalue weighted by atomic mass is 16.2. The van der Waals surface area contributed by atoms with Gasteiger partial charge in [-0.2, -0.15) is 0 Å². The summed E-state index contributed by atoms with van der Waals surface area (Å²) in [5.74, 6) is 0. The Hall–Kier alpha value is -1.55. The summed E-state index contributed by atoms with van der Waals surface area (Å²) >= 11 is 0. The molecular formula is C14H21N3O. The molecule has 0 aromatic heterocycles. The second-order valence-corrected chi connectivity index (χ2v) is 5.89. The topological polar surface area (TPSA) is 67.2 Å². The fourth-order valence-electron chi connectivity index (χ4n) is 2.33. The zero-order valence-corrected chi connectivity index (χ0v) is 11.2. The van der Waals surface area contributed by atoms with Crippen LogP contribution in [-0.2, 0) is 6.42 Å². The molecule has 0 saturated heterocycles. The number of nitrogens with two attached hydrogens (primary N) is 1. The summed E-state index contributed by atoms with van der Waals surface area (Å²) in [7, 11) is 0. The lowest BCUT2D eigenvalue weighted by molar-refractivity contribution is 0.227. The van der Waals surface area contributed by atoms with Gasteiger partial charge in [-0.3, -0.25) is 0 Å². The number of carbonyl (C=O) groups is 1. The molecule has 0 spiro atoms. The van der Waals surface area contributed by atoms with E-state index in [0.717, 1.165) is 12.0 Å². The van der Waals surface area contributed by atoms with E-state index in [9.17, 15) is 4.79 Å². The molecule has 2 atom stereocenters. The van der Waals surface area contributed by atoms with Gasteiger partial charge in [-0.1, -0.05) is 24.3 Å². The highest BCUT2D eigenvalue weighted by Crippen LogP contribution is 2.29. The van der Waals surface area contributed by atoms with Crippen molar-refractivity contribution >= 4 is 6.03 Å². The van der Waals surface area contributed by atoms with E-state index in [-0.39, 0.29) is 23.7 Å². The zero-order chi connectivity index (χ0) is 13.3. The van der Waals surface area contributed by atoms with Gasteiger partial charge in [-0.05, 0) is 38.3 Å². The van der Waals surface area contributed by atoms with E-state index < -0.39 is 0 Å². The van der Waals surface area contributed by atoms with Crippen molar-refractivity contribution in [2.45, 2.75) is 44.8 Å². The lowest BCUT2D eigenvalue weighted by Crippen LogP contribution is -2.49. The molecule has 2 rings (SSSR count). The lowest BCUT2D eigenvalue weighted by atomic mass is 10.1. The smallest absolute Gasteiger partial charge is 0.315 e. The predicted octanol–water partition coefficient (Wildman–Crippen LogP) is 1.71. The third-order valence-electron chi connectivity index (χ3n) is 3.05. The van der Waals surface area contributed by atoms with Crippen LogP contribution in [0.25, 0.3) is 0 Å². The first-order chi connectivity index (χ1) is 8.37. The normalized spacial score (nSPS) is 22.4. The van der Waals surface area contributed by atoms with Gasteiger partial charge in [0, 0.05) is 11.6 Å². The van der Waals surface area contributed by atoms with Gasteiger partial charge in [0.05, 0.1) is 6.04 Å². The molecule has 0 aliphatic heterocycles. The average Bonchev–Trinajstić information content (AvgIpc) is 2.53. The SMILES string of the molecule is CC(C)(C)NC(=O)NC1c2ccccc2CC1N. The van der Waals surface area contributed by atoms with Crippen LogP contribution in [0.1, 0.15) is 37.9 Å². The number of urea groups is 1. The molecule has 0 fully saturated rings. The van der Waals surface area contributed by atoms with Gasteiger partial charge in [-0.15, -0.1) is 0 Å². The van der Waals surface area contributed by atoms with E-state index in [1.165, 1.54) is 5.56 Å². The van der Waals surface area contributed by atoms with Crippen LogP contribution < -0.4 is 16.4 Å². The van der Waals surface area contributed by atoms with Crippen LogP contribution >= 0.6 is 0 Å². The van der Waals surface area contributed by atoms with Gasteiger partial charge in [0.2, 0.25) is 0 Å². The monoisotopic (exact) mass is 247 g/mol. The molecule has 4 nitrogen and oxygen atoms in total. The summed E-state index contributed by atoms with van der Waals surface area (Å²) in [6.45, 7) is 5.86. The van der Waals surface area contributed by atoms with E-state index in [0.29, 0.717) is 0 Å². The van der Waals surface area contributed by atoms with E-state index >= 15 is 0 Å². The maximum absolute atomic E-state index is 11.9. The molecule has 0 radical (unpaired) electrons. The largest absolute Gasteiger partial charge is 0.334 e. The van der Waals surface area contributed by atoms with Crippen LogP contribution in [0, 0.1) is 0 Å². The van der Waals surface area contributed by atoms with Gasteiger partial charge < -0.3 is 16.4 Å². The first kappa shape index (κ1) is 12.9. The summed E-state index contributed by atoms with van der Waals surface area (Å²) in [5, 5.41) is 5.86. The van der Waals surface area contributed by atoms with Gasteiger partial charge in [0.25, 0.3) is 0 Å². The van der Waals surface area contributed by atoms with Crippen molar-refractivity contribution in [3.05, 3.63) is 35.4 Å². The number of hydrogen-bond donors (Lipinski definition) is 3. The van der Waals surface area contributed by atoms with Crippen LogP contribution in [0.5, 0.6) is 0 Å². The Balaban J connectivity index is 2.08. The van der Waals surface area contributed by atoms with E-state index in [1.807, 2.05) is 39.0 Å². The Bertz CT molecular complexity index is 451. The molecule has 1 aliphatic carbocycles. The number of rotatable bonds is 1. The van der Waals surface area contributed by atoms with Gasteiger partial charge in [0.15, 0.2) is 0 Å². The number of benzene rings is 1. The standard InChI is InChI=1S/C14H21N3O/c1-14(2,3)17-13(18)16-12-10-7-5-4-6-9(10)8-11(12)15/h4-7,11-12H,8,15H2,1-3H3,(H2,16,17,18). The second kappa shape index (κ2) is 4.61. The summed E-state index contributed by atoms with van der Waals surface area (Å²) in [6, 6.07) is 7.77. The Kier molecular flexibility index (Phi) is 3.30. The molecule has 1 aliphatic rings. The highest BCUT2D eigenvalue weighted by molar-refractivity contribution is 5.75. The minimum atomic E-state index is -0.244. The van der Waals surface area contributed by atoms with E-state index in [1.54, 1.807) is 0 Å². The summed E-state index contributed by atoms with van der Waals surface area (Å²) < 4.78 is 0. The van der Waals surface area contributed by atoms with Crippen molar-refractivity contribution in [2.24, 2.45) is 5.73 Å². The third-order valence-corrected chi connectivity index (χ3v) is 3.05. The number of amides is 2. The van der Waals surface area contributed by atoms with Crippen molar-refractivity contribution in [1.29, 1.82) is 0 Å². The van der Waals surface area contributed by atoms with Crippen molar-refractivity contribution in [3.63, 3.8) is 0 Å². The van der Waals surface area contributed by atoms with Crippen molar-refractivity contribution in [2.75, 3.05) is 0 Å². The maximum Gasteiger partial charge on any atom is 0.315 e. The first-order valence-electron chi connectivity index (χ1n) is 6.29. The molecule has 4 heteroatoms. The molecule has 18 heavy (non-hydrogen) atoms. The van der Waals surface area contributed by atoms with Crippen LogP contribution in [0.3, 0.4) is 0 Å². The third kappa shape index (κ3) is 2.82. The molecule has 2 unspecified atom stereocenters. The molecule has 2 amide bonds. The van der Waals surface area contributed by atoms with Crippen LogP contribution in [0.2, 0.25) is 0 Å². The molecule has 1 aromatic rings. The number of hydrogen-bond acceptors (Lipinski definition) is 2. The van der Waals surface area contributed by atoms with E-state index in [2.05, 4.69) is 16.7 Å². The molecule has 4 N–H and O–H groups in total. The Morgan fingerprint density at radius 3 is 2.67 bits per heavy atom. The number of fused-ring (bicyclic) bond motifs is 1. The highest BCUT2D eigenvalue weighted by Gasteiger charge is 2.31. The molecule has 0 bridgehead atoms. The fourth-order valence-corrected chi connectivity index (χ4v) is 2.33. The summed E-state index contributed by atoms with van der Waals surface area (Å²) in [4.78, 5) is 11.9. The van der Waals surface area contributed by atoms with Gasteiger partial charge in [0.1, 0.15) is 0 Å². The Morgan fingerprint density at radius 1 is 1.33 bits per heavy atom. The van der Waals surface area contributed by atoms with Crippen LogP contribution in [0.4, 0.5) is 4.79 Å². The fraction of sp³-hybridized carbons (Fsp3) is 0.500. The van der Waals surface area contributed by atoms with E-state index in [4.69, 9.17) is 5.73 Å². The Morgan fingerprint density at radius 2 is 2.00 bits per heavy atom. The minimum Gasteiger partial charge on any atom is -0.334 e. The second-order valence-electron chi connectivity index (χ2n) is 5.89. The lowest BCUT2D eigenvalue weighted by Gasteiger charge is -2.24. The van der Waals surface area contributed by atoms with Crippen LogP contribution in [-0.4, -0.2) is 17.6 Å². The molecule has 0 saturated carbocycles. The summed E-state index contributed by atoms with van der Waals surface area (Å²) in [5.41, 5.74) is 8.22. The van der Waals surface area contributed by atoms with Gasteiger partial charge >= 0.3 is 6.03 Å². The molecule has 1 aromatic carbocycles. The van der Waals surface area contributed by atoms with Crippen molar-refractivity contribution in [1.82, 2.24) is 10.6 Å². The molecule has 0 heterocycles.